The molecule has 0 heterocycles. The number of nitrogens with zero attached hydrogens (tertiary/aromatic N) is 1. The number of carbonyl (C=O) groups excluding carboxylic acids is 2. The lowest BCUT2D eigenvalue weighted by molar-refractivity contribution is -0.142. The number of carbonyl (C=O) groups is 2. The second-order valence-corrected chi connectivity index (χ2v) is 8.07. The van der Waals surface area contributed by atoms with Gasteiger partial charge in [0.1, 0.15) is 11.8 Å². The Labute approximate surface area is 184 Å². The van der Waals surface area contributed by atoms with Gasteiger partial charge in [0, 0.05) is 18.1 Å². The van der Waals surface area contributed by atoms with Crippen LogP contribution >= 0.6 is 11.6 Å². The molecule has 30 heavy (non-hydrogen) atoms. The zero-order valence-corrected chi connectivity index (χ0v) is 18.7. The van der Waals surface area contributed by atoms with Crippen molar-refractivity contribution in [2.75, 3.05) is 19.7 Å². The first-order chi connectivity index (χ1) is 14.4. The zero-order valence-electron chi connectivity index (χ0n) is 17.9. The summed E-state index contributed by atoms with van der Waals surface area (Å²) >= 11 is 5.99. The second kappa shape index (κ2) is 12.2. The van der Waals surface area contributed by atoms with E-state index in [2.05, 4.69) is 5.32 Å². The van der Waals surface area contributed by atoms with Crippen molar-refractivity contribution >= 4 is 23.4 Å². The fraction of sp³-hybridized carbons (Fsp3) is 0.417. The van der Waals surface area contributed by atoms with Gasteiger partial charge in [-0.05, 0) is 42.5 Å². The highest BCUT2D eigenvalue weighted by Crippen LogP contribution is 2.17. The molecule has 0 aliphatic heterocycles. The van der Waals surface area contributed by atoms with Crippen molar-refractivity contribution in [2.24, 2.45) is 5.92 Å². The molecule has 1 atom stereocenters. The zero-order chi connectivity index (χ0) is 21.9. The van der Waals surface area contributed by atoms with Crippen LogP contribution in [0.3, 0.4) is 0 Å². The standard InChI is InChI=1S/C24H31ClN2O3/c1-4-22(24(29)26-16-18(2)3)27(14-13-19-9-6-5-7-10-19)23(28)17-30-21-12-8-11-20(25)15-21/h5-12,15,18,22H,4,13-14,16-17H2,1-3H3,(H,26,29). The van der Waals surface area contributed by atoms with Crippen molar-refractivity contribution in [1.82, 2.24) is 10.2 Å². The van der Waals surface area contributed by atoms with E-state index in [1.54, 1.807) is 29.2 Å². The lowest BCUT2D eigenvalue weighted by Crippen LogP contribution is -2.51. The number of rotatable bonds is 11. The molecule has 2 amide bonds. The van der Waals surface area contributed by atoms with E-state index in [9.17, 15) is 9.59 Å². The lowest BCUT2D eigenvalue weighted by atomic mass is 10.1. The summed E-state index contributed by atoms with van der Waals surface area (Å²) in [5.41, 5.74) is 1.11. The maximum absolute atomic E-state index is 13.1. The summed E-state index contributed by atoms with van der Waals surface area (Å²) in [6, 6.07) is 16.3. The van der Waals surface area contributed by atoms with E-state index in [-0.39, 0.29) is 18.4 Å². The fourth-order valence-electron chi connectivity index (χ4n) is 3.10. The van der Waals surface area contributed by atoms with Crippen molar-refractivity contribution < 1.29 is 14.3 Å². The number of ether oxygens (including phenoxy) is 1. The van der Waals surface area contributed by atoms with Crippen LogP contribution in [0.1, 0.15) is 32.8 Å². The first-order valence-corrected chi connectivity index (χ1v) is 10.8. The molecular weight excluding hydrogens is 400 g/mol. The number of halogens is 1. The third kappa shape index (κ3) is 7.71. The van der Waals surface area contributed by atoms with Crippen molar-refractivity contribution in [1.29, 1.82) is 0 Å². The minimum atomic E-state index is -0.539. The lowest BCUT2D eigenvalue weighted by Gasteiger charge is -2.30. The van der Waals surface area contributed by atoms with E-state index in [0.29, 0.717) is 42.6 Å². The number of hydrogen-bond donors (Lipinski definition) is 1. The van der Waals surface area contributed by atoms with Gasteiger partial charge in [-0.2, -0.15) is 0 Å². The van der Waals surface area contributed by atoms with Gasteiger partial charge in [0.05, 0.1) is 0 Å². The topological polar surface area (TPSA) is 58.6 Å². The minimum absolute atomic E-state index is 0.129. The molecule has 2 rings (SSSR count). The Kier molecular flexibility index (Phi) is 9.68. The van der Waals surface area contributed by atoms with Crippen LogP contribution in [-0.2, 0) is 16.0 Å². The Morgan fingerprint density at radius 1 is 1.10 bits per heavy atom. The van der Waals surface area contributed by atoms with Crippen LogP contribution in [0.15, 0.2) is 54.6 Å². The van der Waals surface area contributed by atoms with E-state index in [1.807, 2.05) is 51.1 Å². The predicted octanol–water partition coefficient (Wildman–Crippen LogP) is 4.34. The first-order valence-electron chi connectivity index (χ1n) is 10.4. The molecule has 0 saturated carbocycles. The van der Waals surface area contributed by atoms with Crippen LogP contribution in [0.25, 0.3) is 0 Å². The van der Waals surface area contributed by atoms with Gasteiger partial charge < -0.3 is 15.0 Å². The van der Waals surface area contributed by atoms with E-state index in [0.717, 1.165) is 5.56 Å². The van der Waals surface area contributed by atoms with Crippen molar-refractivity contribution in [3.63, 3.8) is 0 Å². The molecule has 6 heteroatoms. The van der Waals surface area contributed by atoms with Gasteiger partial charge in [-0.15, -0.1) is 0 Å². The molecule has 162 valence electrons. The Balaban J connectivity index is 2.11. The van der Waals surface area contributed by atoms with E-state index in [4.69, 9.17) is 16.3 Å². The fourth-order valence-corrected chi connectivity index (χ4v) is 3.28. The predicted molar refractivity (Wildman–Crippen MR) is 121 cm³/mol. The van der Waals surface area contributed by atoms with Gasteiger partial charge in [-0.1, -0.05) is 68.8 Å². The normalized spacial score (nSPS) is 11.8. The second-order valence-electron chi connectivity index (χ2n) is 7.63. The van der Waals surface area contributed by atoms with Gasteiger partial charge in [-0.3, -0.25) is 9.59 Å². The smallest absolute Gasteiger partial charge is 0.261 e. The molecule has 0 aromatic heterocycles. The first kappa shape index (κ1) is 23.7. The van der Waals surface area contributed by atoms with Crippen LogP contribution in [0.5, 0.6) is 5.75 Å². The van der Waals surface area contributed by atoms with Gasteiger partial charge in [-0.25, -0.2) is 0 Å². The van der Waals surface area contributed by atoms with Crippen LogP contribution in [0.2, 0.25) is 5.02 Å². The number of nitrogens with one attached hydrogen (secondary N) is 1. The van der Waals surface area contributed by atoms with E-state index < -0.39 is 6.04 Å². The molecule has 5 nitrogen and oxygen atoms in total. The van der Waals surface area contributed by atoms with Crippen LogP contribution in [0.4, 0.5) is 0 Å². The van der Waals surface area contributed by atoms with E-state index in [1.165, 1.54) is 0 Å². The summed E-state index contributed by atoms with van der Waals surface area (Å²) in [5, 5.41) is 3.50. The molecule has 0 spiro atoms. The number of amides is 2. The summed E-state index contributed by atoms with van der Waals surface area (Å²) < 4.78 is 5.65. The van der Waals surface area contributed by atoms with Crippen LogP contribution in [0, 0.1) is 5.92 Å². The SMILES string of the molecule is CCC(C(=O)NCC(C)C)N(CCc1ccccc1)C(=O)COc1cccc(Cl)c1. The van der Waals surface area contributed by atoms with Gasteiger partial charge in [0.25, 0.3) is 5.91 Å². The highest BCUT2D eigenvalue weighted by atomic mass is 35.5. The molecule has 0 aliphatic rings. The quantitative estimate of drug-likeness (QED) is 0.576. The molecule has 0 radical (unpaired) electrons. The average molecular weight is 431 g/mol. The van der Waals surface area contributed by atoms with Gasteiger partial charge in [0.2, 0.25) is 5.91 Å². The van der Waals surface area contributed by atoms with Gasteiger partial charge >= 0.3 is 0 Å². The average Bonchev–Trinajstić information content (AvgIpc) is 2.74. The number of hydrogen-bond acceptors (Lipinski definition) is 3. The molecule has 1 N–H and O–H groups in total. The highest BCUT2D eigenvalue weighted by Gasteiger charge is 2.28. The third-order valence-corrected chi connectivity index (χ3v) is 4.95. The Hall–Kier alpha value is -2.53. The third-order valence-electron chi connectivity index (χ3n) is 4.71. The molecule has 2 aromatic rings. The molecule has 2 aromatic carbocycles. The highest BCUT2D eigenvalue weighted by molar-refractivity contribution is 6.30. The summed E-state index contributed by atoms with van der Waals surface area (Å²) in [6.45, 7) is 6.87. The summed E-state index contributed by atoms with van der Waals surface area (Å²) in [5.74, 6) is 0.509. The maximum Gasteiger partial charge on any atom is 0.261 e. The number of benzene rings is 2. The molecule has 0 saturated heterocycles. The Morgan fingerprint density at radius 2 is 1.83 bits per heavy atom. The van der Waals surface area contributed by atoms with Crippen molar-refractivity contribution in [2.45, 2.75) is 39.7 Å². The molecular formula is C24H31ClN2O3. The van der Waals surface area contributed by atoms with E-state index >= 15 is 0 Å². The maximum atomic E-state index is 13.1. The van der Waals surface area contributed by atoms with Crippen LogP contribution < -0.4 is 10.1 Å². The molecule has 0 aliphatic carbocycles. The van der Waals surface area contributed by atoms with Crippen molar-refractivity contribution in [3.8, 4) is 5.75 Å². The molecule has 0 fully saturated rings. The summed E-state index contributed by atoms with van der Waals surface area (Å²) in [4.78, 5) is 27.5. The molecule has 0 bridgehead atoms. The summed E-state index contributed by atoms with van der Waals surface area (Å²) in [7, 11) is 0. The Bertz CT molecular complexity index is 811. The monoisotopic (exact) mass is 430 g/mol. The minimum Gasteiger partial charge on any atom is -0.484 e. The molecule has 1 unspecified atom stereocenters. The van der Waals surface area contributed by atoms with Gasteiger partial charge in [0.15, 0.2) is 6.61 Å². The Morgan fingerprint density at radius 3 is 2.47 bits per heavy atom. The largest absolute Gasteiger partial charge is 0.484 e. The van der Waals surface area contributed by atoms with Crippen molar-refractivity contribution in [3.05, 3.63) is 65.2 Å². The summed E-state index contributed by atoms with van der Waals surface area (Å²) in [6.07, 6.45) is 1.19. The van der Waals surface area contributed by atoms with Crippen LogP contribution in [-0.4, -0.2) is 42.5 Å².